The second-order valence-corrected chi connectivity index (χ2v) is 15.0. The van der Waals surface area contributed by atoms with Crippen LogP contribution < -0.4 is 0 Å². The molecule has 0 N–H and O–H groups in total. The molecule has 0 aromatic rings. The first-order valence-electron chi connectivity index (χ1n) is 12.3. The monoisotopic (exact) mass is 502 g/mol. The molecule has 0 aromatic carbocycles. The van der Waals surface area contributed by atoms with Gasteiger partial charge in [-0.25, -0.2) is 4.79 Å². The zero-order valence-electron chi connectivity index (χ0n) is 22.5. The Hall–Kier alpha value is -1.10. The summed E-state index contributed by atoms with van der Waals surface area (Å²) in [5.74, 6) is -0.814. The molecule has 0 aliphatic carbocycles. The van der Waals surface area contributed by atoms with Crippen LogP contribution >= 0.6 is 0 Å². The predicted octanol–water partition coefficient (Wildman–Crippen LogP) is 4.77. The van der Waals surface area contributed by atoms with Gasteiger partial charge in [-0.1, -0.05) is 53.4 Å². The van der Waals surface area contributed by atoms with Crippen LogP contribution in [0.5, 0.6) is 0 Å². The molecular formula is C25H46O8Si. The fourth-order valence-electron chi connectivity index (χ4n) is 3.41. The molecule has 0 aromatic heterocycles. The van der Waals surface area contributed by atoms with Gasteiger partial charge in [-0.15, -0.1) is 0 Å². The summed E-state index contributed by atoms with van der Waals surface area (Å²) in [6.45, 7) is 13.1. The summed E-state index contributed by atoms with van der Waals surface area (Å²) < 4.78 is 33.9. The second kappa shape index (κ2) is 15.1. The number of methoxy groups -OCH3 is 2. The molecule has 8 nitrogen and oxygen atoms in total. The van der Waals surface area contributed by atoms with Crippen molar-refractivity contribution in [3.05, 3.63) is 11.1 Å². The number of hydrogen-bond donors (Lipinski definition) is 0. The molecule has 0 amide bonds. The van der Waals surface area contributed by atoms with Crippen LogP contribution in [0.15, 0.2) is 11.1 Å². The van der Waals surface area contributed by atoms with E-state index in [-0.39, 0.29) is 43.2 Å². The lowest BCUT2D eigenvalue weighted by molar-refractivity contribution is -0.156. The minimum absolute atomic E-state index is 0.00625. The number of unbranched alkanes of at least 4 members (excludes halogenated alkanes) is 4. The summed E-state index contributed by atoms with van der Waals surface area (Å²) in [4.78, 5) is 25.6. The van der Waals surface area contributed by atoms with Crippen LogP contribution in [-0.2, 0) is 37.7 Å². The van der Waals surface area contributed by atoms with Crippen molar-refractivity contribution in [3.8, 4) is 0 Å². The minimum atomic E-state index is -2.09. The van der Waals surface area contributed by atoms with E-state index in [2.05, 4.69) is 40.8 Å². The number of cyclic esters (lactones) is 1. The zero-order chi connectivity index (χ0) is 25.8. The van der Waals surface area contributed by atoms with Crippen molar-refractivity contribution in [2.24, 2.45) is 0 Å². The van der Waals surface area contributed by atoms with E-state index in [0.29, 0.717) is 12.0 Å². The van der Waals surface area contributed by atoms with Crippen molar-refractivity contribution in [2.45, 2.75) is 96.6 Å². The van der Waals surface area contributed by atoms with Crippen molar-refractivity contribution >= 4 is 20.1 Å². The Morgan fingerprint density at radius 2 is 1.65 bits per heavy atom. The summed E-state index contributed by atoms with van der Waals surface area (Å²) in [6.07, 6.45) is 4.01. The van der Waals surface area contributed by atoms with E-state index in [1.165, 1.54) is 14.2 Å². The van der Waals surface area contributed by atoms with Crippen LogP contribution in [0.2, 0.25) is 18.1 Å². The SMILES string of the molecule is CCCCCCCC(=O)C1=C([C@@H](OCOC)[C@@H](CO[Si](C)(C)C(C)(C)C)OCOC)COC1=O. The van der Waals surface area contributed by atoms with Gasteiger partial charge in [0.2, 0.25) is 0 Å². The van der Waals surface area contributed by atoms with Gasteiger partial charge in [0.05, 0.1) is 6.61 Å². The number of hydrogen-bond acceptors (Lipinski definition) is 8. The van der Waals surface area contributed by atoms with Gasteiger partial charge in [-0.3, -0.25) is 4.79 Å². The van der Waals surface area contributed by atoms with Crippen molar-refractivity contribution in [2.75, 3.05) is 41.0 Å². The summed E-state index contributed by atoms with van der Waals surface area (Å²) in [7, 11) is 0.955. The number of carbonyl (C=O) groups is 2. The average Bonchev–Trinajstić information content (AvgIpc) is 3.15. The summed E-state index contributed by atoms with van der Waals surface area (Å²) in [5, 5.41) is 0.00625. The lowest BCUT2D eigenvalue weighted by atomic mass is 9.95. The van der Waals surface area contributed by atoms with Gasteiger partial charge >= 0.3 is 5.97 Å². The Bertz CT molecular complexity index is 668. The zero-order valence-corrected chi connectivity index (χ0v) is 23.5. The molecule has 9 heteroatoms. The molecule has 0 saturated carbocycles. The minimum Gasteiger partial charge on any atom is -0.457 e. The highest BCUT2D eigenvalue weighted by molar-refractivity contribution is 6.74. The first-order valence-corrected chi connectivity index (χ1v) is 15.2. The van der Waals surface area contributed by atoms with E-state index in [4.69, 9.17) is 28.1 Å². The molecular weight excluding hydrogens is 456 g/mol. The van der Waals surface area contributed by atoms with Crippen molar-refractivity contribution in [3.63, 3.8) is 0 Å². The predicted molar refractivity (Wildman–Crippen MR) is 133 cm³/mol. The molecule has 1 heterocycles. The third kappa shape index (κ3) is 9.51. The maximum Gasteiger partial charge on any atom is 0.342 e. The first-order chi connectivity index (χ1) is 16.0. The third-order valence-electron chi connectivity index (χ3n) is 6.53. The van der Waals surface area contributed by atoms with Gasteiger partial charge in [-0.2, -0.15) is 0 Å². The molecule has 0 bridgehead atoms. The van der Waals surface area contributed by atoms with E-state index in [1.54, 1.807) is 0 Å². The van der Waals surface area contributed by atoms with Crippen LogP contribution in [-0.4, -0.2) is 73.3 Å². The van der Waals surface area contributed by atoms with Gasteiger partial charge in [0.25, 0.3) is 0 Å². The molecule has 0 spiro atoms. The second-order valence-electron chi connectivity index (χ2n) is 10.2. The van der Waals surface area contributed by atoms with Gasteiger partial charge < -0.3 is 28.1 Å². The van der Waals surface area contributed by atoms with E-state index in [0.717, 1.165) is 32.1 Å². The van der Waals surface area contributed by atoms with Crippen LogP contribution in [0.25, 0.3) is 0 Å². The quantitative estimate of drug-likeness (QED) is 0.0870. The Labute approximate surface area is 206 Å². The Morgan fingerprint density at radius 3 is 2.24 bits per heavy atom. The summed E-state index contributed by atoms with van der Waals surface area (Å²) in [5.41, 5.74) is 0.565. The molecule has 34 heavy (non-hydrogen) atoms. The highest BCUT2D eigenvalue weighted by Crippen LogP contribution is 2.37. The molecule has 0 radical (unpaired) electrons. The van der Waals surface area contributed by atoms with E-state index in [1.807, 2.05) is 0 Å². The fourth-order valence-corrected chi connectivity index (χ4v) is 4.42. The van der Waals surface area contributed by atoms with E-state index in [9.17, 15) is 9.59 Å². The van der Waals surface area contributed by atoms with Gasteiger partial charge in [-0.05, 0) is 24.6 Å². The first kappa shape index (κ1) is 30.9. The average molecular weight is 503 g/mol. The number of rotatable bonds is 18. The number of esters is 1. The molecule has 1 aliphatic rings. The number of Topliss-reactive ketones (excluding diaryl/α,β-unsaturated/α-hetero) is 1. The van der Waals surface area contributed by atoms with Crippen molar-refractivity contribution in [1.82, 2.24) is 0 Å². The lowest BCUT2D eigenvalue weighted by Gasteiger charge is -2.38. The molecule has 198 valence electrons. The number of carbonyl (C=O) groups excluding carboxylic acids is 2. The van der Waals surface area contributed by atoms with E-state index >= 15 is 0 Å². The molecule has 2 atom stereocenters. The van der Waals surface area contributed by atoms with Crippen LogP contribution in [0.3, 0.4) is 0 Å². The third-order valence-corrected chi connectivity index (χ3v) is 11.0. The molecule has 1 rings (SSSR count). The maximum absolute atomic E-state index is 13.0. The number of ether oxygens (including phenoxy) is 5. The van der Waals surface area contributed by atoms with Gasteiger partial charge in [0, 0.05) is 26.2 Å². The van der Waals surface area contributed by atoms with Gasteiger partial charge in [0.15, 0.2) is 14.1 Å². The van der Waals surface area contributed by atoms with Crippen LogP contribution in [0.1, 0.15) is 66.2 Å². The largest absolute Gasteiger partial charge is 0.457 e. The van der Waals surface area contributed by atoms with Gasteiger partial charge in [0.1, 0.15) is 38.0 Å². The smallest absolute Gasteiger partial charge is 0.342 e. The van der Waals surface area contributed by atoms with Crippen LogP contribution in [0, 0.1) is 0 Å². The van der Waals surface area contributed by atoms with Crippen molar-refractivity contribution in [1.29, 1.82) is 0 Å². The highest BCUT2D eigenvalue weighted by Gasteiger charge is 2.42. The standard InChI is InChI=1S/C25H46O8Si/c1-9-10-11-12-13-14-20(26)22-19(15-30-24(22)27)23(32-18-29-6)21(31-17-28-5)16-33-34(7,8)25(2,3)4/h21,23H,9-18H2,1-8H3/t21-,23-/m1/s1. The molecule has 0 unspecified atom stereocenters. The molecule has 0 fully saturated rings. The lowest BCUT2D eigenvalue weighted by Crippen LogP contribution is -2.46. The summed E-state index contributed by atoms with van der Waals surface area (Å²) in [6, 6.07) is 0. The molecule has 0 saturated heterocycles. The highest BCUT2D eigenvalue weighted by atomic mass is 28.4. The fraction of sp³-hybridized carbons (Fsp3) is 0.840. The van der Waals surface area contributed by atoms with Crippen molar-refractivity contribution < 1.29 is 37.7 Å². The Balaban J connectivity index is 3.17. The number of ketones is 1. The van der Waals surface area contributed by atoms with E-state index < -0.39 is 26.5 Å². The Kier molecular flexibility index (Phi) is 13.7. The summed E-state index contributed by atoms with van der Waals surface area (Å²) >= 11 is 0. The maximum atomic E-state index is 13.0. The Morgan fingerprint density at radius 1 is 1.03 bits per heavy atom. The topological polar surface area (TPSA) is 89.5 Å². The van der Waals surface area contributed by atoms with Crippen LogP contribution in [0.4, 0.5) is 0 Å². The normalized spacial score (nSPS) is 16.6. The molecule has 1 aliphatic heterocycles.